The summed E-state index contributed by atoms with van der Waals surface area (Å²) in [7, 11) is 0. The van der Waals surface area contributed by atoms with E-state index in [-0.39, 0.29) is 17.7 Å². The lowest BCUT2D eigenvalue weighted by molar-refractivity contribution is -0.139. The number of carbonyl (C=O) groups excluding carboxylic acids is 2. The highest BCUT2D eigenvalue weighted by molar-refractivity contribution is 7.18. The summed E-state index contributed by atoms with van der Waals surface area (Å²) in [4.78, 5) is 48.1. The van der Waals surface area contributed by atoms with Crippen LogP contribution in [-0.4, -0.2) is 40.0 Å². The molecule has 3 N–H and O–H groups in total. The summed E-state index contributed by atoms with van der Waals surface area (Å²) in [6, 6.07) is 12.6. The fraction of sp³-hybridized carbons (Fsp3) is 0.100. The zero-order valence-corrected chi connectivity index (χ0v) is 16.9. The summed E-state index contributed by atoms with van der Waals surface area (Å²) < 4.78 is 1.85. The lowest BCUT2D eigenvalue weighted by Gasteiger charge is -2.15. The van der Waals surface area contributed by atoms with Crippen LogP contribution >= 0.6 is 22.9 Å². The zero-order chi connectivity index (χ0) is 21.7. The Balaban J connectivity index is 1.65. The molecule has 0 unspecified atom stereocenters. The first kappa shape index (κ1) is 21.3. The molecular weight excluding hydrogens is 430 g/mol. The van der Waals surface area contributed by atoms with Crippen molar-refractivity contribution in [3.8, 4) is 5.69 Å². The molecule has 1 atom stereocenters. The van der Waals surface area contributed by atoms with Gasteiger partial charge in [0, 0.05) is 30.1 Å². The molecular formula is C20H16ClN3O5S. The van der Waals surface area contributed by atoms with Gasteiger partial charge < -0.3 is 15.7 Å². The molecule has 2 heterocycles. The van der Waals surface area contributed by atoms with E-state index in [1.807, 2.05) is 0 Å². The van der Waals surface area contributed by atoms with Crippen LogP contribution in [0.5, 0.6) is 0 Å². The maximum atomic E-state index is 12.4. The Labute approximate surface area is 179 Å². The average molecular weight is 446 g/mol. The second-order valence-corrected chi connectivity index (χ2v) is 7.85. The number of benzene rings is 1. The van der Waals surface area contributed by atoms with Crippen molar-refractivity contribution in [3.63, 3.8) is 0 Å². The van der Waals surface area contributed by atoms with Gasteiger partial charge in [0.05, 0.1) is 9.21 Å². The Morgan fingerprint density at radius 2 is 1.77 bits per heavy atom. The molecule has 0 bridgehead atoms. The number of aromatic nitrogens is 1. The van der Waals surface area contributed by atoms with Crippen LogP contribution in [0.1, 0.15) is 20.0 Å². The number of hydrogen-bond acceptors (Lipinski definition) is 5. The summed E-state index contributed by atoms with van der Waals surface area (Å²) in [5.74, 6) is -2.40. The van der Waals surface area contributed by atoms with Crippen molar-refractivity contribution in [2.75, 3.05) is 6.54 Å². The number of pyridine rings is 1. The Morgan fingerprint density at radius 1 is 1.03 bits per heavy atom. The summed E-state index contributed by atoms with van der Waals surface area (Å²) in [6.07, 6.45) is 1.60. The molecule has 1 aromatic carbocycles. The van der Waals surface area contributed by atoms with Crippen molar-refractivity contribution in [2.45, 2.75) is 6.04 Å². The topological polar surface area (TPSA) is 118 Å². The maximum Gasteiger partial charge on any atom is 0.328 e. The third-order valence-corrected chi connectivity index (χ3v) is 5.33. The minimum atomic E-state index is -1.33. The number of rotatable bonds is 7. The highest BCUT2D eigenvalue weighted by Gasteiger charge is 2.22. The van der Waals surface area contributed by atoms with Gasteiger partial charge in [-0.1, -0.05) is 17.7 Å². The van der Waals surface area contributed by atoms with E-state index < -0.39 is 23.8 Å². The van der Waals surface area contributed by atoms with Gasteiger partial charge in [-0.2, -0.15) is 0 Å². The van der Waals surface area contributed by atoms with Crippen molar-refractivity contribution < 1.29 is 19.5 Å². The number of carboxylic acid groups (broad SMARTS) is 1. The first-order valence-electron chi connectivity index (χ1n) is 8.70. The SMILES string of the molecule is O=C(N[C@@H](CNC(=O)c1ccc(Cl)s1)C(=O)O)c1ccc(-n2ccccc2=O)cc1. The molecule has 10 heteroatoms. The predicted octanol–water partition coefficient (Wildman–Crippen LogP) is 2.17. The number of aliphatic carboxylic acids is 1. The molecule has 2 amide bonds. The standard InChI is InChI=1S/C20H16ClN3O5S/c21-16-9-8-15(30-16)19(27)22-11-14(20(28)29)23-18(26)12-4-6-13(7-5-12)24-10-2-1-3-17(24)25/h1-10,14H,11H2,(H,22,27)(H,23,26)(H,28,29)/t14-/m0/s1. The molecule has 0 aliphatic heterocycles. The van der Waals surface area contributed by atoms with Crippen LogP contribution in [0.2, 0.25) is 4.34 Å². The van der Waals surface area contributed by atoms with Gasteiger partial charge in [-0.15, -0.1) is 11.3 Å². The van der Waals surface area contributed by atoms with Gasteiger partial charge in [0.15, 0.2) is 0 Å². The highest BCUT2D eigenvalue weighted by atomic mass is 35.5. The molecule has 0 saturated heterocycles. The highest BCUT2D eigenvalue weighted by Crippen LogP contribution is 2.21. The van der Waals surface area contributed by atoms with Crippen LogP contribution in [-0.2, 0) is 4.79 Å². The van der Waals surface area contributed by atoms with Crippen LogP contribution in [0.4, 0.5) is 0 Å². The number of nitrogens with zero attached hydrogens (tertiary/aromatic N) is 1. The fourth-order valence-corrected chi connectivity index (χ4v) is 3.53. The van der Waals surface area contributed by atoms with Gasteiger partial charge in [0.2, 0.25) is 0 Å². The van der Waals surface area contributed by atoms with Crippen LogP contribution in [0, 0.1) is 0 Å². The molecule has 2 aromatic heterocycles. The summed E-state index contributed by atoms with van der Waals surface area (Å²) in [5, 5.41) is 14.2. The molecule has 154 valence electrons. The smallest absolute Gasteiger partial charge is 0.328 e. The first-order chi connectivity index (χ1) is 14.3. The lowest BCUT2D eigenvalue weighted by atomic mass is 10.1. The monoisotopic (exact) mass is 445 g/mol. The number of carboxylic acids is 1. The molecule has 0 aliphatic rings. The van der Waals surface area contributed by atoms with Crippen LogP contribution < -0.4 is 16.2 Å². The number of nitrogens with one attached hydrogen (secondary N) is 2. The molecule has 0 spiro atoms. The Bertz CT molecular complexity index is 1140. The number of thiophene rings is 1. The van der Waals surface area contributed by atoms with E-state index in [0.29, 0.717) is 14.9 Å². The zero-order valence-electron chi connectivity index (χ0n) is 15.4. The van der Waals surface area contributed by atoms with Gasteiger partial charge in [-0.3, -0.25) is 19.0 Å². The van der Waals surface area contributed by atoms with Gasteiger partial charge in [-0.25, -0.2) is 4.79 Å². The normalized spacial score (nSPS) is 11.5. The van der Waals surface area contributed by atoms with E-state index in [9.17, 15) is 24.3 Å². The summed E-state index contributed by atoms with van der Waals surface area (Å²) in [6.45, 7) is -0.299. The molecule has 0 saturated carbocycles. The van der Waals surface area contributed by atoms with Crippen molar-refractivity contribution in [2.24, 2.45) is 0 Å². The quantitative estimate of drug-likeness (QED) is 0.515. The largest absolute Gasteiger partial charge is 0.480 e. The number of amides is 2. The number of hydrogen-bond donors (Lipinski definition) is 3. The second kappa shape index (κ2) is 9.38. The van der Waals surface area contributed by atoms with Crippen LogP contribution in [0.25, 0.3) is 5.69 Å². The predicted molar refractivity (Wildman–Crippen MR) is 113 cm³/mol. The van der Waals surface area contributed by atoms with E-state index in [2.05, 4.69) is 10.6 Å². The van der Waals surface area contributed by atoms with Gasteiger partial charge in [0.25, 0.3) is 17.4 Å². The molecule has 0 fully saturated rings. The van der Waals surface area contributed by atoms with Gasteiger partial charge in [-0.05, 0) is 42.5 Å². The van der Waals surface area contributed by atoms with E-state index in [0.717, 1.165) is 11.3 Å². The van der Waals surface area contributed by atoms with Crippen LogP contribution in [0.3, 0.4) is 0 Å². The first-order valence-corrected chi connectivity index (χ1v) is 9.90. The third kappa shape index (κ3) is 5.13. The Hall–Kier alpha value is -3.43. The number of carbonyl (C=O) groups is 3. The molecule has 8 nitrogen and oxygen atoms in total. The molecule has 0 radical (unpaired) electrons. The Morgan fingerprint density at radius 3 is 2.37 bits per heavy atom. The Kier molecular flexibility index (Phi) is 6.65. The number of halogens is 1. The lowest BCUT2D eigenvalue weighted by Crippen LogP contribution is -2.48. The third-order valence-electron chi connectivity index (χ3n) is 4.10. The van der Waals surface area contributed by atoms with E-state index >= 15 is 0 Å². The van der Waals surface area contributed by atoms with Gasteiger partial charge >= 0.3 is 5.97 Å². The van der Waals surface area contributed by atoms with Gasteiger partial charge in [0.1, 0.15) is 6.04 Å². The molecule has 30 heavy (non-hydrogen) atoms. The maximum absolute atomic E-state index is 12.4. The second-order valence-electron chi connectivity index (χ2n) is 6.13. The van der Waals surface area contributed by atoms with Crippen molar-refractivity contribution in [1.82, 2.24) is 15.2 Å². The van der Waals surface area contributed by atoms with Crippen molar-refractivity contribution in [3.05, 3.63) is 85.9 Å². The van der Waals surface area contributed by atoms with E-state index in [1.54, 1.807) is 36.5 Å². The minimum Gasteiger partial charge on any atom is -0.480 e. The molecule has 3 rings (SSSR count). The fourth-order valence-electron chi connectivity index (χ4n) is 2.57. The van der Waals surface area contributed by atoms with E-state index in [1.165, 1.54) is 28.8 Å². The summed E-state index contributed by atoms with van der Waals surface area (Å²) >= 11 is 6.84. The van der Waals surface area contributed by atoms with Crippen molar-refractivity contribution in [1.29, 1.82) is 0 Å². The minimum absolute atomic E-state index is 0.213. The molecule has 0 aliphatic carbocycles. The average Bonchev–Trinajstić information content (AvgIpc) is 3.17. The van der Waals surface area contributed by atoms with Crippen LogP contribution in [0.15, 0.2) is 65.6 Å². The molecule has 3 aromatic rings. The summed E-state index contributed by atoms with van der Waals surface area (Å²) in [5.41, 5.74) is 0.558. The van der Waals surface area contributed by atoms with Crippen molar-refractivity contribution >= 4 is 40.7 Å². The van der Waals surface area contributed by atoms with E-state index in [4.69, 9.17) is 11.6 Å².